The maximum Gasteiger partial charge on any atom is 0.188 e. The van der Waals surface area contributed by atoms with E-state index in [9.17, 15) is 0 Å². The van der Waals surface area contributed by atoms with Gasteiger partial charge < -0.3 is 9.47 Å². The van der Waals surface area contributed by atoms with Gasteiger partial charge in [-0.05, 0) is 66.4 Å². The minimum Gasteiger partial charge on any atom is -0.493 e. The first kappa shape index (κ1) is 23.8. The van der Waals surface area contributed by atoms with Crippen molar-refractivity contribution in [1.82, 2.24) is 9.97 Å². The molecule has 0 aliphatic heterocycles. The smallest absolute Gasteiger partial charge is 0.188 e. The Bertz CT molecular complexity index is 1320. The second kappa shape index (κ2) is 10.7. The van der Waals surface area contributed by atoms with Gasteiger partial charge in [-0.1, -0.05) is 36.0 Å². The lowest BCUT2D eigenvalue weighted by molar-refractivity contribution is 0.355. The number of aryl methyl sites for hydroxylation is 2. The molecule has 0 unspecified atom stereocenters. The summed E-state index contributed by atoms with van der Waals surface area (Å²) in [5, 5.41) is 9.78. The number of benzene rings is 2. The summed E-state index contributed by atoms with van der Waals surface area (Å²) in [6.45, 7) is 3.99. The normalized spacial score (nSPS) is 10.7. The highest BCUT2D eigenvalue weighted by Crippen LogP contribution is 2.42. The lowest BCUT2D eigenvalue weighted by Crippen LogP contribution is -1.93. The van der Waals surface area contributed by atoms with Crippen LogP contribution in [0, 0.1) is 25.2 Å². The fourth-order valence-electron chi connectivity index (χ4n) is 3.68. The standard InChI is InChI=1S/C27H25N3O2S2/c1-17-13-18(2)30-27(29-17)33-16-22-15-25(21-9-10-23(31-3)24(14-21)32-4)34-26(22)20-7-5-19(6-8-20)11-12-28/h5-10,13-15H,11,16H2,1-4H3. The summed E-state index contributed by atoms with van der Waals surface area (Å²) >= 11 is 3.38. The van der Waals surface area contributed by atoms with E-state index in [2.05, 4.69) is 40.3 Å². The van der Waals surface area contributed by atoms with Crippen molar-refractivity contribution < 1.29 is 9.47 Å². The van der Waals surface area contributed by atoms with Crippen LogP contribution in [0.2, 0.25) is 0 Å². The molecule has 0 aliphatic carbocycles. The fourth-order valence-corrected chi connectivity index (χ4v) is 5.88. The van der Waals surface area contributed by atoms with Crippen LogP contribution in [-0.2, 0) is 12.2 Å². The number of ether oxygens (including phenoxy) is 2. The van der Waals surface area contributed by atoms with Crippen LogP contribution < -0.4 is 9.47 Å². The van der Waals surface area contributed by atoms with Crippen molar-refractivity contribution in [3.8, 4) is 38.4 Å². The zero-order valence-electron chi connectivity index (χ0n) is 19.6. The van der Waals surface area contributed by atoms with Gasteiger partial charge in [0.25, 0.3) is 0 Å². The number of hydrogen-bond acceptors (Lipinski definition) is 7. The molecule has 0 spiro atoms. The Morgan fingerprint density at radius 1 is 0.882 bits per heavy atom. The first-order valence-corrected chi connectivity index (χ1v) is 12.6. The first-order valence-electron chi connectivity index (χ1n) is 10.8. The van der Waals surface area contributed by atoms with E-state index in [1.54, 1.807) is 37.3 Å². The quantitative estimate of drug-likeness (QED) is 0.200. The summed E-state index contributed by atoms with van der Waals surface area (Å²) in [5.74, 6) is 2.16. The molecule has 0 atom stereocenters. The zero-order valence-corrected chi connectivity index (χ0v) is 21.2. The van der Waals surface area contributed by atoms with Crippen molar-refractivity contribution in [1.29, 1.82) is 5.26 Å². The van der Waals surface area contributed by atoms with E-state index in [1.807, 2.05) is 44.2 Å². The summed E-state index contributed by atoms with van der Waals surface area (Å²) in [7, 11) is 3.29. The van der Waals surface area contributed by atoms with Crippen LogP contribution in [-0.4, -0.2) is 24.2 Å². The molecule has 0 N–H and O–H groups in total. The third kappa shape index (κ3) is 5.41. The van der Waals surface area contributed by atoms with Gasteiger partial charge in [-0.15, -0.1) is 11.3 Å². The van der Waals surface area contributed by atoms with Crippen molar-refractivity contribution in [3.63, 3.8) is 0 Å². The van der Waals surface area contributed by atoms with E-state index in [-0.39, 0.29) is 0 Å². The van der Waals surface area contributed by atoms with E-state index < -0.39 is 0 Å². The van der Waals surface area contributed by atoms with Gasteiger partial charge in [0.05, 0.1) is 26.7 Å². The molecule has 2 aromatic heterocycles. The van der Waals surface area contributed by atoms with Crippen molar-refractivity contribution in [2.24, 2.45) is 0 Å². The van der Waals surface area contributed by atoms with Gasteiger partial charge in [-0.2, -0.15) is 5.26 Å². The number of nitrogens with zero attached hydrogens (tertiary/aromatic N) is 3. The highest BCUT2D eigenvalue weighted by atomic mass is 32.2. The van der Waals surface area contributed by atoms with E-state index in [0.29, 0.717) is 17.9 Å². The molecule has 172 valence electrons. The average molecular weight is 488 g/mol. The Labute approximate surface area is 208 Å². The second-order valence-corrected chi connectivity index (χ2v) is 9.78. The van der Waals surface area contributed by atoms with Crippen LogP contribution in [0.1, 0.15) is 22.5 Å². The molecule has 4 aromatic rings. The average Bonchev–Trinajstić information content (AvgIpc) is 3.26. The van der Waals surface area contributed by atoms with Crippen LogP contribution in [0.15, 0.2) is 59.8 Å². The van der Waals surface area contributed by atoms with Gasteiger partial charge in [-0.3, -0.25) is 0 Å². The highest BCUT2D eigenvalue weighted by Gasteiger charge is 2.16. The molecule has 0 saturated heterocycles. The van der Waals surface area contributed by atoms with Gasteiger partial charge in [0.1, 0.15) is 0 Å². The molecule has 0 amide bonds. The van der Waals surface area contributed by atoms with Gasteiger partial charge in [-0.25, -0.2) is 9.97 Å². The SMILES string of the molecule is COc1ccc(-c2cc(CSc3nc(C)cc(C)n3)c(-c3ccc(CC#N)cc3)s2)cc1OC. The van der Waals surface area contributed by atoms with Gasteiger partial charge in [0, 0.05) is 26.9 Å². The van der Waals surface area contributed by atoms with Crippen LogP contribution in [0.5, 0.6) is 11.5 Å². The number of nitriles is 1. The largest absolute Gasteiger partial charge is 0.493 e. The molecule has 0 bridgehead atoms. The molecule has 4 rings (SSSR count). The Balaban J connectivity index is 1.72. The Morgan fingerprint density at radius 2 is 1.56 bits per heavy atom. The fraction of sp³-hybridized carbons (Fsp3) is 0.222. The molecular formula is C27H25N3O2S2. The van der Waals surface area contributed by atoms with Crippen LogP contribution in [0.25, 0.3) is 20.9 Å². The third-order valence-electron chi connectivity index (χ3n) is 5.29. The molecular weight excluding hydrogens is 462 g/mol. The molecule has 34 heavy (non-hydrogen) atoms. The minimum atomic E-state index is 0.411. The molecule has 0 radical (unpaired) electrons. The number of thioether (sulfide) groups is 1. The summed E-state index contributed by atoms with van der Waals surface area (Å²) in [5.41, 5.74) is 6.39. The van der Waals surface area contributed by atoms with Crippen LogP contribution in [0.3, 0.4) is 0 Å². The summed E-state index contributed by atoms with van der Waals surface area (Å²) < 4.78 is 10.9. The van der Waals surface area contributed by atoms with Crippen molar-refractivity contribution in [3.05, 3.63) is 77.1 Å². The molecule has 5 nitrogen and oxygen atoms in total. The number of aromatic nitrogens is 2. The predicted octanol–water partition coefficient (Wildman–Crippen LogP) is 6.86. The lowest BCUT2D eigenvalue weighted by Gasteiger charge is -2.08. The molecule has 2 aromatic carbocycles. The third-order valence-corrected chi connectivity index (χ3v) is 7.47. The number of thiophene rings is 1. The van der Waals surface area contributed by atoms with Crippen molar-refractivity contribution >= 4 is 23.1 Å². The van der Waals surface area contributed by atoms with Gasteiger partial charge in [0.2, 0.25) is 0 Å². The Hall–Kier alpha value is -3.34. The Morgan fingerprint density at radius 3 is 2.21 bits per heavy atom. The molecule has 0 fully saturated rings. The molecule has 0 saturated carbocycles. The van der Waals surface area contributed by atoms with E-state index >= 15 is 0 Å². The topological polar surface area (TPSA) is 68.0 Å². The number of methoxy groups -OCH3 is 2. The first-order chi connectivity index (χ1) is 16.5. The monoisotopic (exact) mass is 487 g/mol. The summed E-state index contributed by atoms with van der Waals surface area (Å²) in [6.07, 6.45) is 0.411. The van der Waals surface area contributed by atoms with Crippen LogP contribution in [0.4, 0.5) is 0 Å². The van der Waals surface area contributed by atoms with E-state index in [4.69, 9.17) is 14.7 Å². The summed E-state index contributed by atoms with van der Waals surface area (Å²) in [6, 6.07) is 20.7. The van der Waals surface area contributed by atoms with Crippen molar-refractivity contribution in [2.75, 3.05) is 14.2 Å². The molecule has 0 aliphatic rings. The maximum absolute atomic E-state index is 9.00. The zero-order chi connectivity index (χ0) is 24.1. The van der Waals surface area contributed by atoms with E-state index in [1.165, 1.54) is 10.4 Å². The van der Waals surface area contributed by atoms with Crippen molar-refractivity contribution in [2.45, 2.75) is 31.2 Å². The van der Waals surface area contributed by atoms with E-state index in [0.717, 1.165) is 43.9 Å². The minimum absolute atomic E-state index is 0.411. The highest BCUT2D eigenvalue weighted by molar-refractivity contribution is 7.98. The van der Waals surface area contributed by atoms with Gasteiger partial charge in [0.15, 0.2) is 16.7 Å². The molecule has 7 heteroatoms. The molecule has 2 heterocycles. The Kier molecular flexibility index (Phi) is 7.51. The van der Waals surface area contributed by atoms with Gasteiger partial charge >= 0.3 is 0 Å². The number of hydrogen-bond donors (Lipinski definition) is 0. The number of rotatable bonds is 8. The predicted molar refractivity (Wildman–Crippen MR) is 139 cm³/mol. The second-order valence-electron chi connectivity index (χ2n) is 7.79. The van der Waals surface area contributed by atoms with Crippen LogP contribution >= 0.6 is 23.1 Å². The maximum atomic E-state index is 9.00. The lowest BCUT2D eigenvalue weighted by atomic mass is 10.1. The summed E-state index contributed by atoms with van der Waals surface area (Å²) in [4.78, 5) is 11.5.